The van der Waals surface area contributed by atoms with Gasteiger partial charge in [-0.3, -0.25) is 19.2 Å². The fraction of sp³-hybridized carbons (Fsp3) is 0.273. The van der Waals surface area contributed by atoms with Gasteiger partial charge < -0.3 is 4.42 Å². The molecule has 5 rings (SSSR count). The first kappa shape index (κ1) is 17.2. The van der Waals surface area contributed by atoms with E-state index in [0.717, 1.165) is 54.5 Å². The molecule has 6 heteroatoms. The number of aromatic nitrogens is 3. The zero-order valence-corrected chi connectivity index (χ0v) is 15.9. The van der Waals surface area contributed by atoms with Crippen molar-refractivity contribution >= 4 is 5.65 Å². The van der Waals surface area contributed by atoms with E-state index in [0.29, 0.717) is 0 Å². The molecule has 142 valence electrons. The van der Waals surface area contributed by atoms with Crippen molar-refractivity contribution in [1.29, 1.82) is 0 Å². The van der Waals surface area contributed by atoms with Crippen LogP contribution in [-0.2, 0) is 6.54 Å². The molecule has 0 unspecified atom stereocenters. The zero-order chi connectivity index (χ0) is 18.9. The SMILES string of the molecule is CN1CCN(Cc2ccco2)C[C@H]1c1cn2c(-c3ccncc3)cccc2n1. The molecule has 0 bridgehead atoms. The van der Waals surface area contributed by atoms with Crippen LogP contribution >= 0.6 is 0 Å². The Labute approximate surface area is 164 Å². The molecule has 4 aromatic heterocycles. The molecule has 0 saturated carbocycles. The Bertz CT molecular complexity index is 1060. The molecule has 1 aliphatic rings. The second-order valence-electron chi connectivity index (χ2n) is 7.35. The maximum atomic E-state index is 5.54. The molecule has 1 atom stereocenters. The standard InChI is InChI=1S/C22H23N5O/c1-25-11-12-26(14-18-4-3-13-28-18)16-21(25)19-15-27-20(5-2-6-22(27)24-19)17-7-9-23-10-8-17/h2-10,13,15,21H,11-12,14,16H2,1H3/t21-/m0/s1. The number of rotatable bonds is 4. The molecule has 28 heavy (non-hydrogen) atoms. The van der Waals surface area contributed by atoms with Gasteiger partial charge in [-0.05, 0) is 43.4 Å². The first-order valence-corrected chi connectivity index (χ1v) is 9.61. The summed E-state index contributed by atoms with van der Waals surface area (Å²) in [4.78, 5) is 13.9. The molecule has 1 saturated heterocycles. The number of imidazole rings is 1. The molecular weight excluding hydrogens is 350 g/mol. The van der Waals surface area contributed by atoms with Crippen molar-refractivity contribution in [3.8, 4) is 11.3 Å². The minimum atomic E-state index is 0.258. The number of furan rings is 1. The maximum Gasteiger partial charge on any atom is 0.137 e. The first-order chi connectivity index (χ1) is 13.8. The highest BCUT2D eigenvalue weighted by Gasteiger charge is 2.28. The maximum absolute atomic E-state index is 5.54. The minimum absolute atomic E-state index is 0.258. The van der Waals surface area contributed by atoms with E-state index >= 15 is 0 Å². The molecule has 6 nitrogen and oxygen atoms in total. The molecule has 0 aromatic carbocycles. The van der Waals surface area contributed by atoms with Crippen LogP contribution in [0.25, 0.3) is 16.9 Å². The van der Waals surface area contributed by atoms with Crippen LogP contribution in [0.2, 0.25) is 0 Å². The summed E-state index contributed by atoms with van der Waals surface area (Å²) in [5.74, 6) is 1.01. The van der Waals surface area contributed by atoms with Gasteiger partial charge in [0, 0.05) is 43.8 Å². The lowest BCUT2D eigenvalue weighted by Gasteiger charge is -2.38. The number of nitrogens with zero attached hydrogens (tertiary/aromatic N) is 5. The monoisotopic (exact) mass is 373 g/mol. The molecule has 0 spiro atoms. The highest BCUT2D eigenvalue weighted by atomic mass is 16.3. The Morgan fingerprint density at radius 1 is 1.07 bits per heavy atom. The lowest BCUT2D eigenvalue weighted by Crippen LogP contribution is -2.46. The number of pyridine rings is 2. The van der Waals surface area contributed by atoms with E-state index in [1.807, 2.05) is 36.7 Å². The highest BCUT2D eigenvalue weighted by molar-refractivity contribution is 5.63. The summed E-state index contributed by atoms with van der Waals surface area (Å²) in [6.45, 7) is 3.82. The van der Waals surface area contributed by atoms with Gasteiger partial charge in [0.15, 0.2) is 0 Å². The molecule has 0 amide bonds. The Balaban J connectivity index is 1.46. The average Bonchev–Trinajstić information content (AvgIpc) is 3.39. The minimum Gasteiger partial charge on any atom is -0.468 e. The van der Waals surface area contributed by atoms with Crippen molar-refractivity contribution in [2.24, 2.45) is 0 Å². The van der Waals surface area contributed by atoms with Gasteiger partial charge in [-0.25, -0.2) is 4.98 Å². The van der Waals surface area contributed by atoms with Gasteiger partial charge in [0.25, 0.3) is 0 Å². The van der Waals surface area contributed by atoms with Gasteiger partial charge in [-0.2, -0.15) is 0 Å². The summed E-state index contributed by atoms with van der Waals surface area (Å²) in [7, 11) is 2.18. The van der Waals surface area contributed by atoms with Crippen LogP contribution in [0.4, 0.5) is 0 Å². The smallest absolute Gasteiger partial charge is 0.137 e. The quantitative estimate of drug-likeness (QED) is 0.548. The molecule has 1 fully saturated rings. The third kappa shape index (κ3) is 3.21. The van der Waals surface area contributed by atoms with E-state index in [1.54, 1.807) is 6.26 Å². The number of piperazine rings is 1. The second-order valence-corrected chi connectivity index (χ2v) is 7.35. The fourth-order valence-electron chi connectivity index (χ4n) is 3.96. The topological polar surface area (TPSA) is 49.8 Å². The highest BCUT2D eigenvalue weighted by Crippen LogP contribution is 2.27. The summed E-state index contributed by atoms with van der Waals surface area (Å²) >= 11 is 0. The van der Waals surface area contributed by atoms with Crippen molar-refractivity contribution in [2.45, 2.75) is 12.6 Å². The summed E-state index contributed by atoms with van der Waals surface area (Å²) in [6.07, 6.45) is 7.58. The molecule has 0 N–H and O–H groups in total. The van der Waals surface area contributed by atoms with Crippen molar-refractivity contribution in [1.82, 2.24) is 24.2 Å². The first-order valence-electron chi connectivity index (χ1n) is 9.61. The number of fused-ring (bicyclic) bond motifs is 1. The number of hydrogen-bond donors (Lipinski definition) is 0. The van der Waals surface area contributed by atoms with Crippen LogP contribution in [0.15, 0.2) is 71.7 Å². The normalized spacial score (nSPS) is 18.7. The molecule has 5 heterocycles. The van der Waals surface area contributed by atoms with Gasteiger partial charge in [-0.1, -0.05) is 6.07 Å². The summed E-state index contributed by atoms with van der Waals surface area (Å²) in [6, 6.07) is 14.6. The van der Waals surface area contributed by atoms with Crippen molar-refractivity contribution < 1.29 is 4.42 Å². The van der Waals surface area contributed by atoms with Crippen LogP contribution in [0, 0.1) is 0 Å². The number of likely N-dealkylation sites (N-methyl/N-ethyl adjacent to an activating group) is 1. The summed E-state index contributed by atoms with van der Waals surface area (Å²) in [5, 5.41) is 0. The lowest BCUT2D eigenvalue weighted by atomic mass is 10.1. The zero-order valence-electron chi connectivity index (χ0n) is 15.9. The summed E-state index contributed by atoms with van der Waals surface area (Å²) < 4.78 is 7.72. The van der Waals surface area contributed by atoms with Gasteiger partial charge in [0.05, 0.1) is 30.2 Å². The summed E-state index contributed by atoms with van der Waals surface area (Å²) in [5.41, 5.74) is 4.35. The average molecular weight is 373 g/mol. The predicted molar refractivity (Wildman–Crippen MR) is 108 cm³/mol. The Kier molecular flexibility index (Phi) is 4.43. The van der Waals surface area contributed by atoms with Gasteiger partial charge in [-0.15, -0.1) is 0 Å². The third-order valence-corrected chi connectivity index (χ3v) is 5.52. The Morgan fingerprint density at radius 2 is 1.96 bits per heavy atom. The van der Waals surface area contributed by atoms with E-state index in [-0.39, 0.29) is 6.04 Å². The molecular formula is C22H23N5O. The van der Waals surface area contributed by atoms with Crippen molar-refractivity contribution in [3.05, 3.63) is 78.8 Å². The van der Waals surface area contributed by atoms with E-state index in [9.17, 15) is 0 Å². The Morgan fingerprint density at radius 3 is 2.79 bits per heavy atom. The van der Waals surface area contributed by atoms with E-state index < -0.39 is 0 Å². The van der Waals surface area contributed by atoms with Crippen LogP contribution < -0.4 is 0 Å². The van der Waals surface area contributed by atoms with Gasteiger partial charge >= 0.3 is 0 Å². The predicted octanol–water partition coefficient (Wildman–Crippen LogP) is 3.48. The van der Waals surface area contributed by atoms with E-state index in [2.05, 4.69) is 50.6 Å². The van der Waals surface area contributed by atoms with Crippen LogP contribution in [0.1, 0.15) is 17.5 Å². The molecule has 4 aromatic rings. The Hall–Kier alpha value is -2.96. The lowest BCUT2D eigenvalue weighted by molar-refractivity contribution is 0.0836. The van der Waals surface area contributed by atoms with Gasteiger partial charge in [0.2, 0.25) is 0 Å². The third-order valence-electron chi connectivity index (χ3n) is 5.52. The largest absolute Gasteiger partial charge is 0.468 e. The van der Waals surface area contributed by atoms with Crippen LogP contribution in [0.5, 0.6) is 0 Å². The number of hydrogen-bond acceptors (Lipinski definition) is 5. The molecule has 1 aliphatic heterocycles. The van der Waals surface area contributed by atoms with Gasteiger partial charge in [0.1, 0.15) is 11.4 Å². The van der Waals surface area contributed by atoms with Crippen molar-refractivity contribution in [3.63, 3.8) is 0 Å². The van der Waals surface area contributed by atoms with E-state index in [4.69, 9.17) is 9.40 Å². The molecule has 0 radical (unpaired) electrons. The van der Waals surface area contributed by atoms with Crippen molar-refractivity contribution in [2.75, 3.05) is 26.7 Å². The second kappa shape index (κ2) is 7.22. The van der Waals surface area contributed by atoms with E-state index in [1.165, 1.54) is 0 Å². The van der Waals surface area contributed by atoms with Crippen LogP contribution in [0.3, 0.4) is 0 Å². The van der Waals surface area contributed by atoms with Crippen LogP contribution in [-0.4, -0.2) is 50.9 Å². The fourth-order valence-corrected chi connectivity index (χ4v) is 3.96. The molecule has 0 aliphatic carbocycles.